The molecule has 0 bridgehead atoms. The van der Waals surface area contributed by atoms with Gasteiger partial charge in [-0.2, -0.15) is 13.2 Å². The van der Waals surface area contributed by atoms with Gasteiger partial charge in [0.1, 0.15) is 5.75 Å². The quantitative estimate of drug-likeness (QED) is 0.501. The van der Waals surface area contributed by atoms with Gasteiger partial charge in [-0.05, 0) is 24.1 Å². The Hall–Kier alpha value is -1.19. The van der Waals surface area contributed by atoms with E-state index in [0.717, 1.165) is 25.7 Å². The number of unbranched alkanes of at least 4 members (excludes halogenated alkanes) is 5. The molecular formula is C17H25F3O. The molecule has 1 aromatic rings. The third-order valence-electron chi connectivity index (χ3n) is 3.74. The number of hydrogen-bond donors (Lipinski definition) is 0. The number of alkyl halides is 3. The van der Waals surface area contributed by atoms with Crippen molar-refractivity contribution in [2.24, 2.45) is 0 Å². The predicted molar refractivity (Wildman–Crippen MR) is 79.8 cm³/mol. The van der Waals surface area contributed by atoms with E-state index in [2.05, 4.69) is 6.92 Å². The molecule has 0 fully saturated rings. The van der Waals surface area contributed by atoms with E-state index in [4.69, 9.17) is 4.74 Å². The summed E-state index contributed by atoms with van der Waals surface area (Å²) < 4.78 is 44.7. The van der Waals surface area contributed by atoms with Crippen molar-refractivity contribution < 1.29 is 17.9 Å². The summed E-state index contributed by atoms with van der Waals surface area (Å²) in [7, 11) is 1.47. The number of rotatable bonds is 9. The summed E-state index contributed by atoms with van der Waals surface area (Å²) in [6.07, 6.45) is 1.90. The highest BCUT2D eigenvalue weighted by molar-refractivity contribution is 5.31. The molecule has 0 unspecified atom stereocenters. The van der Waals surface area contributed by atoms with E-state index in [1.807, 2.05) is 0 Å². The van der Waals surface area contributed by atoms with Gasteiger partial charge in [-0.25, -0.2) is 0 Å². The zero-order chi connectivity index (χ0) is 15.7. The largest absolute Gasteiger partial charge is 0.497 e. The van der Waals surface area contributed by atoms with Crippen molar-refractivity contribution in [1.29, 1.82) is 0 Å². The third kappa shape index (κ3) is 6.40. The molecule has 0 aliphatic heterocycles. The minimum absolute atomic E-state index is 0.156. The van der Waals surface area contributed by atoms with Gasteiger partial charge >= 0.3 is 6.18 Å². The number of methoxy groups -OCH3 is 1. The standard InChI is InChI=1S/C17H25F3O/c1-3-4-5-6-7-8-12-16(17(18,19)20)14-10-9-11-15(13-14)21-2/h9-11,13,16H,3-8,12H2,1-2H3/t16-/m1/s1. The molecule has 21 heavy (non-hydrogen) atoms. The molecule has 1 aromatic carbocycles. The Morgan fingerprint density at radius 3 is 2.33 bits per heavy atom. The zero-order valence-electron chi connectivity index (χ0n) is 12.9. The van der Waals surface area contributed by atoms with Crippen LogP contribution >= 0.6 is 0 Å². The molecular weight excluding hydrogens is 277 g/mol. The van der Waals surface area contributed by atoms with Crippen molar-refractivity contribution in [3.05, 3.63) is 29.8 Å². The second-order valence-electron chi connectivity index (χ2n) is 5.43. The third-order valence-corrected chi connectivity index (χ3v) is 3.74. The summed E-state index contributed by atoms with van der Waals surface area (Å²) >= 11 is 0. The van der Waals surface area contributed by atoms with Gasteiger partial charge < -0.3 is 4.74 Å². The molecule has 0 saturated heterocycles. The fourth-order valence-electron chi connectivity index (χ4n) is 2.51. The van der Waals surface area contributed by atoms with Gasteiger partial charge in [-0.1, -0.05) is 57.6 Å². The van der Waals surface area contributed by atoms with Gasteiger partial charge in [0.25, 0.3) is 0 Å². The Morgan fingerprint density at radius 1 is 1.05 bits per heavy atom. The van der Waals surface area contributed by atoms with Crippen molar-refractivity contribution >= 4 is 0 Å². The summed E-state index contributed by atoms with van der Waals surface area (Å²) in [5, 5.41) is 0. The Kier molecular flexibility index (Phi) is 7.62. The van der Waals surface area contributed by atoms with Crippen molar-refractivity contribution in [2.45, 2.75) is 64.0 Å². The molecule has 0 aliphatic carbocycles. The molecule has 4 heteroatoms. The highest BCUT2D eigenvalue weighted by Gasteiger charge is 2.40. The summed E-state index contributed by atoms with van der Waals surface area (Å²) in [4.78, 5) is 0. The molecule has 0 aliphatic rings. The highest BCUT2D eigenvalue weighted by Crippen LogP contribution is 2.39. The monoisotopic (exact) mass is 302 g/mol. The predicted octanol–water partition coefficient (Wildman–Crippen LogP) is 6.09. The normalized spacial score (nSPS) is 13.2. The molecule has 0 aromatic heterocycles. The van der Waals surface area contributed by atoms with E-state index < -0.39 is 12.1 Å². The van der Waals surface area contributed by atoms with Crippen LogP contribution in [-0.4, -0.2) is 13.3 Å². The lowest BCUT2D eigenvalue weighted by molar-refractivity contribution is -0.152. The van der Waals surface area contributed by atoms with E-state index in [0.29, 0.717) is 17.7 Å². The average Bonchev–Trinajstić information content (AvgIpc) is 2.45. The fraction of sp³-hybridized carbons (Fsp3) is 0.647. The van der Waals surface area contributed by atoms with Crippen molar-refractivity contribution in [2.75, 3.05) is 7.11 Å². The summed E-state index contributed by atoms with van der Waals surface area (Å²) in [6, 6.07) is 6.32. The minimum atomic E-state index is -4.20. The van der Waals surface area contributed by atoms with Crippen LogP contribution in [0.3, 0.4) is 0 Å². The first-order chi connectivity index (χ1) is 9.99. The Bertz CT molecular complexity index is 401. The molecule has 1 nitrogen and oxygen atoms in total. The van der Waals surface area contributed by atoms with Crippen molar-refractivity contribution in [3.63, 3.8) is 0 Å². The number of halogens is 3. The van der Waals surface area contributed by atoms with Crippen LogP contribution < -0.4 is 4.74 Å². The lowest BCUT2D eigenvalue weighted by atomic mass is 9.92. The molecule has 0 N–H and O–H groups in total. The summed E-state index contributed by atoms with van der Waals surface area (Å²) in [5.41, 5.74) is 0.301. The van der Waals surface area contributed by atoms with E-state index in [9.17, 15) is 13.2 Å². The minimum Gasteiger partial charge on any atom is -0.497 e. The van der Waals surface area contributed by atoms with Crippen LogP contribution in [0.1, 0.15) is 63.4 Å². The molecule has 1 atom stereocenters. The maximum atomic E-state index is 13.2. The Morgan fingerprint density at radius 2 is 1.71 bits per heavy atom. The summed E-state index contributed by atoms with van der Waals surface area (Å²) in [5.74, 6) is -0.913. The van der Waals surface area contributed by atoms with Gasteiger partial charge in [0.2, 0.25) is 0 Å². The van der Waals surface area contributed by atoms with Gasteiger partial charge in [0, 0.05) is 0 Å². The van der Waals surface area contributed by atoms with Gasteiger partial charge in [0.05, 0.1) is 13.0 Å². The van der Waals surface area contributed by atoms with E-state index in [1.54, 1.807) is 12.1 Å². The van der Waals surface area contributed by atoms with Crippen LogP contribution in [0.4, 0.5) is 13.2 Å². The van der Waals surface area contributed by atoms with Crippen molar-refractivity contribution in [1.82, 2.24) is 0 Å². The average molecular weight is 302 g/mol. The van der Waals surface area contributed by atoms with E-state index in [-0.39, 0.29) is 6.42 Å². The van der Waals surface area contributed by atoms with Crippen LogP contribution in [0, 0.1) is 0 Å². The molecule has 120 valence electrons. The lowest BCUT2D eigenvalue weighted by Crippen LogP contribution is -2.20. The van der Waals surface area contributed by atoms with Crippen LogP contribution in [0.5, 0.6) is 5.75 Å². The Labute approximate surface area is 125 Å². The summed E-state index contributed by atoms with van der Waals surface area (Å²) in [6.45, 7) is 2.13. The fourth-order valence-corrected chi connectivity index (χ4v) is 2.51. The Balaban J connectivity index is 2.60. The highest BCUT2D eigenvalue weighted by atomic mass is 19.4. The first-order valence-electron chi connectivity index (χ1n) is 7.69. The number of hydrogen-bond acceptors (Lipinski definition) is 1. The molecule has 0 spiro atoms. The van der Waals surface area contributed by atoms with E-state index in [1.165, 1.54) is 25.7 Å². The topological polar surface area (TPSA) is 9.23 Å². The second-order valence-corrected chi connectivity index (χ2v) is 5.43. The number of ether oxygens (including phenoxy) is 1. The first-order valence-corrected chi connectivity index (χ1v) is 7.69. The van der Waals surface area contributed by atoms with Crippen LogP contribution in [0.15, 0.2) is 24.3 Å². The molecule has 0 saturated carbocycles. The van der Waals surface area contributed by atoms with E-state index >= 15 is 0 Å². The SMILES string of the molecule is CCCCCCCC[C@H](c1cccc(OC)c1)C(F)(F)F. The molecule has 0 heterocycles. The van der Waals surface area contributed by atoms with Gasteiger partial charge in [-0.15, -0.1) is 0 Å². The first kappa shape index (κ1) is 17.9. The zero-order valence-corrected chi connectivity index (χ0v) is 12.9. The second kappa shape index (κ2) is 8.96. The van der Waals surface area contributed by atoms with Crippen LogP contribution in [0.2, 0.25) is 0 Å². The lowest BCUT2D eigenvalue weighted by Gasteiger charge is -2.21. The smallest absolute Gasteiger partial charge is 0.395 e. The van der Waals surface area contributed by atoms with Gasteiger partial charge in [0.15, 0.2) is 0 Å². The van der Waals surface area contributed by atoms with Crippen molar-refractivity contribution in [3.8, 4) is 5.75 Å². The maximum absolute atomic E-state index is 13.2. The molecule has 0 amide bonds. The van der Waals surface area contributed by atoms with Gasteiger partial charge in [-0.3, -0.25) is 0 Å². The molecule has 1 rings (SSSR count). The maximum Gasteiger partial charge on any atom is 0.395 e. The number of benzene rings is 1. The van der Waals surface area contributed by atoms with Crippen LogP contribution in [0.25, 0.3) is 0 Å². The molecule has 0 radical (unpaired) electrons. The van der Waals surface area contributed by atoms with Crippen LogP contribution in [-0.2, 0) is 0 Å².